The van der Waals surface area contributed by atoms with Crippen molar-refractivity contribution in [3.8, 4) is 0 Å². The molecule has 0 spiro atoms. The van der Waals surface area contributed by atoms with E-state index >= 15 is 0 Å². The molecule has 0 bridgehead atoms. The van der Waals surface area contributed by atoms with Gasteiger partial charge in [0, 0.05) is 16.5 Å². The van der Waals surface area contributed by atoms with E-state index in [0.717, 1.165) is 10.0 Å². The Morgan fingerprint density at radius 3 is 2.61 bits per heavy atom. The minimum absolute atomic E-state index is 0.0266. The fourth-order valence-corrected chi connectivity index (χ4v) is 2.39. The van der Waals surface area contributed by atoms with Crippen LogP contribution in [0.2, 0.25) is 5.02 Å². The van der Waals surface area contributed by atoms with Crippen LogP contribution in [-0.4, -0.2) is 5.11 Å². The third-order valence-corrected chi connectivity index (χ3v) is 3.78. The third kappa shape index (κ3) is 2.91. The Labute approximate surface area is 118 Å². The van der Waals surface area contributed by atoms with Crippen molar-refractivity contribution >= 4 is 27.5 Å². The molecular formula is C14H11BrClFO. The summed E-state index contributed by atoms with van der Waals surface area (Å²) in [5.74, 6) is -0.557. The molecule has 0 fully saturated rings. The molecule has 0 saturated carbocycles. The average molecular weight is 330 g/mol. The summed E-state index contributed by atoms with van der Waals surface area (Å²) in [6.07, 6.45) is -0.582. The highest BCUT2D eigenvalue weighted by molar-refractivity contribution is 9.10. The summed E-state index contributed by atoms with van der Waals surface area (Å²) in [6, 6.07) is 12.2. The van der Waals surface area contributed by atoms with E-state index in [1.54, 1.807) is 12.1 Å². The van der Waals surface area contributed by atoms with Crippen LogP contribution >= 0.6 is 27.5 Å². The van der Waals surface area contributed by atoms with Gasteiger partial charge in [-0.3, -0.25) is 0 Å². The van der Waals surface area contributed by atoms with E-state index in [9.17, 15) is 9.50 Å². The Balaban J connectivity index is 2.25. The van der Waals surface area contributed by atoms with Gasteiger partial charge in [0.1, 0.15) is 5.82 Å². The van der Waals surface area contributed by atoms with Crippen LogP contribution in [0.1, 0.15) is 17.2 Å². The zero-order valence-corrected chi connectivity index (χ0v) is 11.7. The summed E-state index contributed by atoms with van der Waals surface area (Å²) < 4.78 is 14.6. The SMILES string of the molecule is OC(Cc1ccccc1Br)c1cccc(Cl)c1F. The highest BCUT2D eigenvalue weighted by Crippen LogP contribution is 2.27. The van der Waals surface area contributed by atoms with E-state index in [1.165, 1.54) is 6.07 Å². The van der Waals surface area contributed by atoms with Crippen LogP contribution in [-0.2, 0) is 6.42 Å². The number of halogens is 3. The number of rotatable bonds is 3. The lowest BCUT2D eigenvalue weighted by Gasteiger charge is -2.13. The molecule has 4 heteroatoms. The van der Waals surface area contributed by atoms with Gasteiger partial charge >= 0.3 is 0 Å². The minimum Gasteiger partial charge on any atom is -0.388 e. The van der Waals surface area contributed by atoms with Gasteiger partial charge in [0.05, 0.1) is 11.1 Å². The monoisotopic (exact) mass is 328 g/mol. The molecule has 0 amide bonds. The lowest BCUT2D eigenvalue weighted by atomic mass is 10.0. The Morgan fingerprint density at radius 2 is 1.89 bits per heavy atom. The summed E-state index contributed by atoms with van der Waals surface area (Å²) in [5.41, 5.74) is 1.14. The quantitative estimate of drug-likeness (QED) is 0.878. The van der Waals surface area contributed by atoms with Gasteiger partial charge in [-0.25, -0.2) is 4.39 Å². The number of benzene rings is 2. The fourth-order valence-electron chi connectivity index (χ4n) is 1.76. The van der Waals surface area contributed by atoms with E-state index in [1.807, 2.05) is 24.3 Å². The van der Waals surface area contributed by atoms with Crippen LogP contribution in [0.5, 0.6) is 0 Å². The molecule has 2 aromatic rings. The van der Waals surface area contributed by atoms with Crippen molar-refractivity contribution in [3.05, 3.63) is 68.9 Å². The zero-order chi connectivity index (χ0) is 13.1. The van der Waals surface area contributed by atoms with Gasteiger partial charge in [0.2, 0.25) is 0 Å². The molecule has 94 valence electrons. The normalized spacial score (nSPS) is 12.4. The summed E-state index contributed by atoms with van der Waals surface area (Å²) in [6.45, 7) is 0. The van der Waals surface area contributed by atoms with Crippen molar-refractivity contribution in [1.29, 1.82) is 0 Å². The molecule has 0 radical (unpaired) electrons. The first-order valence-electron chi connectivity index (χ1n) is 5.45. The van der Waals surface area contributed by atoms with Crippen molar-refractivity contribution in [1.82, 2.24) is 0 Å². The molecule has 1 nitrogen and oxygen atoms in total. The zero-order valence-electron chi connectivity index (χ0n) is 9.41. The van der Waals surface area contributed by atoms with Crippen LogP contribution in [0.4, 0.5) is 4.39 Å². The molecule has 1 N–H and O–H groups in total. The molecule has 2 aromatic carbocycles. The second-order valence-corrected chi connectivity index (χ2v) is 5.22. The first-order chi connectivity index (χ1) is 8.59. The molecule has 0 aliphatic heterocycles. The van der Waals surface area contributed by atoms with Crippen LogP contribution < -0.4 is 0 Å². The highest BCUT2D eigenvalue weighted by atomic mass is 79.9. The van der Waals surface area contributed by atoms with Crippen molar-refractivity contribution in [3.63, 3.8) is 0 Å². The maximum Gasteiger partial charge on any atom is 0.147 e. The maximum absolute atomic E-state index is 13.8. The fraction of sp³-hybridized carbons (Fsp3) is 0.143. The van der Waals surface area contributed by atoms with Gasteiger partial charge in [-0.15, -0.1) is 0 Å². The lowest BCUT2D eigenvalue weighted by Crippen LogP contribution is -2.05. The molecular weight excluding hydrogens is 319 g/mol. The minimum atomic E-state index is -0.914. The van der Waals surface area contributed by atoms with Gasteiger partial charge in [-0.2, -0.15) is 0 Å². The predicted molar refractivity (Wildman–Crippen MR) is 74.2 cm³/mol. The average Bonchev–Trinajstić information content (AvgIpc) is 2.35. The second kappa shape index (κ2) is 5.83. The van der Waals surface area contributed by atoms with Crippen molar-refractivity contribution in [2.75, 3.05) is 0 Å². The molecule has 0 aliphatic rings. The van der Waals surface area contributed by atoms with E-state index in [0.29, 0.717) is 6.42 Å². The molecule has 0 aliphatic carbocycles. The van der Waals surface area contributed by atoms with Crippen molar-refractivity contribution in [2.45, 2.75) is 12.5 Å². The van der Waals surface area contributed by atoms with Crippen LogP contribution in [0, 0.1) is 5.82 Å². The molecule has 1 atom stereocenters. The third-order valence-electron chi connectivity index (χ3n) is 2.71. The largest absolute Gasteiger partial charge is 0.388 e. The number of aliphatic hydroxyl groups is 1. The Hall–Kier alpha value is -0.900. The van der Waals surface area contributed by atoms with E-state index in [-0.39, 0.29) is 10.6 Å². The number of aliphatic hydroxyl groups excluding tert-OH is 1. The van der Waals surface area contributed by atoms with E-state index in [2.05, 4.69) is 15.9 Å². The molecule has 18 heavy (non-hydrogen) atoms. The van der Waals surface area contributed by atoms with Gasteiger partial charge in [0.15, 0.2) is 0 Å². The van der Waals surface area contributed by atoms with E-state index < -0.39 is 11.9 Å². The molecule has 0 saturated heterocycles. The van der Waals surface area contributed by atoms with Gasteiger partial charge in [-0.1, -0.05) is 57.9 Å². The first-order valence-corrected chi connectivity index (χ1v) is 6.62. The molecule has 0 aromatic heterocycles. The maximum atomic E-state index is 13.8. The molecule has 1 unspecified atom stereocenters. The van der Waals surface area contributed by atoms with Crippen LogP contribution in [0.25, 0.3) is 0 Å². The summed E-state index contributed by atoms with van der Waals surface area (Å²) >= 11 is 9.10. The Morgan fingerprint density at radius 1 is 1.17 bits per heavy atom. The lowest BCUT2D eigenvalue weighted by molar-refractivity contribution is 0.173. The van der Waals surface area contributed by atoms with Crippen molar-refractivity contribution in [2.24, 2.45) is 0 Å². The number of hydrogen-bond acceptors (Lipinski definition) is 1. The van der Waals surface area contributed by atoms with E-state index in [4.69, 9.17) is 11.6 Å². The molecule has 0 heterocycles. The van der Waals surface area contributed by atoms with Gasteiger partial charge < -0.3 is 5.11 Å². The van der Waals surface area contributed by atoms with Crippen molar-refractivity contribution < 1.29 is 9.50 Å². The highest BCUT2D eigenvalue weighted by Gasteiger charge is 2.16. The Kier molecular flexibility index (Phi) is 4.38. The second-order valence-electron chi connectivity index (χ2n) is 3.95. The first kappa shape index (κ1) is 13.5. The Bertz CT molecular complexity index is 559. The standard InChI is InChI=1S/C14H11BrClFO/c15-11-6-2-1-4-9(11)8-13(18)10-5-3-7-12(16)14(10)17/h1-7,13,18H,8H2. The van der Waals surface area contributed by atoms with Crippen LogP contribution in [0.3, 0.4) is 0 Å². The summed E-state index contributed by atoms with van der Waals surface area (Å²) in [4.78, 5) is 0. The summed E-state index contributed by atoms with van der Waals surface area (Å²) in [5, 5.41) is 10.1. The summed E-state index contributed by atoms with van der Waals surface area (Å²) in [7, 11) is 0. The topological polar surface area (TPSA) is 20.2 Å². The van der Waals surface area contributed by atoms with Gasteiger partial charge in [0.25, 0.3) is 0 Å². The smallest absolute Gasteiger partial charge is 0.147 e. The predicted octanol–water partition coefficient (Wildman–Crippen LogP) is 4.52. The van der Waals surface area contributed by atoms with Crippen LogP contribution in [0.15, 0.2) is 46.9 Å². The molecule has 2 rings (SSSR count). The van der Waals surface area contributed by atoms with Gasteiger partial charge in [-0.05, 0) is 17.7 Å². The number of hydrogen-bond donors (Lipinski definition) is 1.